The van der Waals surface area contributed by atoms with E-state index in [9.17, 15) is 9.59 Å². The molecule has 0 saturated carbocycles. The van der Waals surface area contributed by atoms with Crippen LogP contribution in [0.4, 0.5) is 0 Å². The minimum atomic E-state index is -1.59. The normalized spacial score (nSPS) is 12.2. The lowest BCUT2D eigenvalue weighted by Gasteiger charge is -2.30. The van der Waals surface area contributed by atoms with Crippen LogP contribution < -0.4 is 0 Å². The van der Waals surface area contributed by atoms with Crippen molar-refractivity contribution >= 4 is 11.9 Å². The standard InChI is InChI=1S/C19H22O5/c1-15(11-12-16-9-5-4-6-10-16)19(17(21)23-2,18(22)24-3)13-7-8-14-20/h4-10,15,20H,13-14H2,1-3H3/b8-7+. The number of hydrogen-bond acceptors (Lipinski definition) is 5. The fourth-order valence-corrected chi connectivity index (χ4v) is 2.32. The third kappa shape index (κ3) is 4.46. The van der Waals surface area contributed by atoms with Gasteiger partial charge in [-0.1, -0.05) is 42.2 Å². The molecule has 0 aliphatic carbocycles. The number of carbonyl (C=O) groups is 2. The van der Waals surface area contributed by atoms with Gasteiger partial charge in [0.1, 0.15) is 0 Å². The minimum Gasteiger partial charge on any atom is -0.468 e. The van der Waals surface area contributed by atoms with Crippen molar-refractivity contribution in [2.45, 2.75) is 13.3 Å². The van der Waals surface area contributed by atoms with Gasteiger partial charge in [-0.25, -0.2) is 0 Å². The van der Waals surface area contributed by atoms with Crippen molar-refractivity contribution in [1.29, 1.82) is 0 Å². The Morgan fingerprint density at radius 2 is 1.75 bits per heavy atom. The zero-order chi connectivity index (χ0) is 18.0. The molecule has 0 aromatic heterocycles. The fraction of sp³-hybridized carbons (Fsp3) is 0.368. The van der Waals surface area contributed by atoms with Crippen LogP contribution in [0.5, 0.6) is 0 Å². The number of allylic oxidation sites excluding steroid dienone is 1. The largest absolute Gasteiger partial charge is 0.468 e. The molecule has 0 heterocycles. The van der Waals surface area contributed by atoms with Gasteiger partial charge in [-0.2, -0.15) is 0 Å². The lowest BCUT2D eigenvalue weighted by Crippen LogP contribution is -2.45. The van der Waals surface area contributed by atoms with Gasteiger partial charge < -0.3 is 14.6 Å². The van der Waals surface area contributed by atoms with Crippen molar-refractivity contribution < 1.29 is 24.2 Å². The molecule has 1 rings (SSSR count). The van der Waals surface area contributed by atoms with E-state index in [2.05, 4.69) is 11.8 Å². The number of rotatable bonds is 6. The van der Waals surface area contributed by atoms with Gasteiger partial charge in [-0.3, -0.25) is 9.59 Å². The molecule has 128 valence electrons. The van der Waals surface area contributed by atoms with Crippen LogP contribution in [0.3, 0.4) is 0 Å². The summed E-state index contributed by atoms with van der Waals surface area (Å²) in [6.07, 6.45) is 3.03. The number of aliphatic hydroxyl groups is 1. The molecule has 1 aromatic rings. The van der Waals surface area contributed by atoms with Gasteiger partial charge in [0.15, 0.2) is 5.41 Å². The summed E-state index contributed by atoms with van der Waals surface area (Å²) in [7, 11) is 2.43. The van der Waals surface area contributed by atoms with Gasteiger partial charge in [0.2, 0.25) is 0 Å². The first-order valence-corrected chi connectivity index (χ1v) is 7.52. The molecule has 0 aliphatic heterocycles. The Kier molecular flexibility index (Phi) is 7.73. The molecule has 1 aromatic carbocycles. The molecule has 0 fully saturated rings. The van der Waals surface area contributed by atoms with Crippen LogP contribution >= 0.6 is 0 Å². The lowest BCUT2D eigenvalue weighted by molar-refractivity contribution is -0.171. The van der Waals surface area contributed by atoms with Crippen LogP contribution in [-0.2, 0) is 19.1 Å². The third-order valence-electron chi connectivity index (χ3n) is 3.76. The van der Waals surface area contributed by atoms with E-state index in [1.807, 2.05) is 30.3 Å². The van der Waals surface area contributed by atoms with Crippen LogP contribution in [0.15, 0.2) is 42.5 Å². The predicted octanol–water partition coefficient (Wildman–Crippen LogP) is 1.95. The molecule has 1 unspecified atom stereocenters. The molecule has 0 radical (unpaired) electrons. The van der Waals surface area contributed by atoms with Crippen molar-refractivity contribution in [2.24, 2.45) is 11.3 Å². The zero-order valence-corrected chi connectivity index (χ0v) is 14.1. The Balaban J connectivity index is 3.28. The molecule has 1 atom stereocenters. The SMILES string of the molecule is COC(=O)C(C/C=C/CO)(C(=O)OC)C(C)C#Cc1ccccc1. The summed E-state index contributed by atoms with van der Waals surface area (Å²) in [5, 5.41) is 8.90. The smallest absolute Gasteiger partial charge is 0.324 e. The van der Waals surface area contributed by atoms with Crippen molar-refractivity contribution in [3.05, 3.63) is 48.0 Å². The molecule has 5 heteroatoms. The molecule has 0 amide bonds. The van der Waals surface area contributed by atoms with Crippen molar-refractivity contribution in [3.63, 3.8) is 0 Å². The highest BCUT2D eigenvalue weighted by Gasteiger charge is 2.51. The van der Waals surface area contributed by atoms with E-state index in [4.69, 9.17) is 14.6 Å². The number of hydrogen-bond donors (Lipinski definition) is 1. The van der Waals surface area contributed by atoms with Crippen molar-refractivity contribution in [2.75, 3.05) is 20.8 Å². The van der Waals surface area contributed by atoms with Crippen LogP contribution in [0.2, 0.25) is 0 Å². The second kappa shape index (κ2) is 9.53. The summed E-state index contributed by atoms with van der Waals surface area (Å²) >= 11 is 0. The molecule has 0 spiro atoms. The number of esters is 2. The second-order valence-corrected chi connectivity index (χ2v) is 5.17. The molecule has 0 bridgehead atoms. The molecular weight excluding hydrogens is 308 g/mol. The van der Waals surface area contributed by atoms with Gasteiger partial charge in [0.25, 0.3) is 0 Å². The Morgan fingerprint density at radius 1 is 1.17 bits per heavy atom. The monoisotopic (exact) mass is 330 g/mol. The first kappa shape index (κ1) is 19.5. The van der Waals surface area contributed by atoms with Crippen LogP contribution in [0.25, 0.3) is 0 Å². The summed E-state index contributed by atoms with van der Waals surface area (Å²) in [6.45, 7) is 1.49. The summed E-state index contributed by atoms with van der Waals surface area (Å²) < 4.78 is 9.68. The van der Waals surface area contributed by atoms with E-state index in [1.54, 1.807) is 13.0 Å². The van der Waals surface area contributed by atoms with Gasteiger partial charge in [0.05, 0.1) is 20.8 Å². The minimum absolute atomic E-state index is 0.0253. The summed E-state index contributed by atoms with van der Waals surface area (Å²) in [4.78, 5) is 24.8. The maximum atomic E-state index is 12.4. The Labute approximate surface area is 142 Å². The average Bonchev–Trinajstić information content (AvgIpc) is 2.63. The summed E-state index contributed by atoms with van der Waals surface area (Å²) in [5.41, 5.74) is -0.810. The first-order chi connectivity index (χ1) is 11.5. The highest BCUT2D eigenvalue weighted by atomic mass is 16.5. The molecule has 0 saturated heterocycles. The first-order valence-electron chi connectivity index (χ1n) is 7.52. The quantitative estimate of drug-likeness (QED) is 0.373. The van der Waals surface area contributed by atoms with Crippen LogP contribution in [0, 0.1) is 23.2 Å². The van der Waals surface area contributed by atoms with E-state index >= 15 is 0 Å². The number of methoxy groups -OCH3 is 2. The number of carbonyl (C=O) groups excluding carboxylic acids is 2. The fourth-order valence-electron chi connectivity index (χ4n) is 2.32. The molecular formula is C19H22O5. The maximum absolute atomic E-state index is 12.4. The van der Waals surface area contributed by atoms with Gasteiger partial charge in [-0.05, 0) is 25.5 Å². The molecule has 0 aliphatic rings. The number of ether oxygens (including phenoxy) is 2. The third-order valence-corrected chi connectivity index (χ3v) is 3.76. The van der Waals surface area contributed by atoms with Crippen LogP contribution in [0.1, 0.15) is 18.9 Å². The highest BCUT2D eigenvalue weighted by Crippen LogP contribution is 2.35. The predicted molar refractivity (Wildman–Crippen MR) is 89.8 cm³/mol. The van der Waals surface area contributed by atoms with E-state index < -0.39 is 23.3 Å². The van der Waals surface area contributed by atoms with Crippen molar-refractivity contribution in [3.8, 4) is 11.8 Å². The van der Waals surface area contributed by atoms with E-state index in [1.165, 1.54) is 20.3 Å². The van der Waals surface area contributed by atoms with Gasteiger partial charge in [-0.15, -0.1) is 0 Å². The van der Waals surface area contributed by atoms with E-state index in [-0.39, 0.29) is 13.0 Å². The Bertz CT molecular complexity index is 621. The average molecular weight is 330 g/mol. The highest BCUT2D eigenvalue weighted by molar-refractivity contribution is 6.01. The van der Waals surface area contributed by atoms with Gasteiger partial charge in [0, 0.05) is 11.5 Å². The van der Waals surface area contributed by atoms with Gasteiger partial charge >= 0.3 is 11.9 Å². The van der Waals surface area contributed by atoms with Crippen molar-refractivity contribution in [1.82, 2.24) is 0 Å². The Morgan fingerprint density at radius 3 is 2.25 bits per heavy atom. The van der Waals surface area contributed by atoms with Crippen LogP contribution in [-0.4, -0.2) is 37.9 Å². The molecule has 1 N–H and O–H groups in total. The summed E-state index contributed by atoms with van der Waals surface area (Å²) in [6, 6.07) is 9.26. The van der Waals surface area contributed by atoms with E-state index in [0.717, 1.165) is 5.56 Å². The number of aliphatic hydroxyl groups excluding tert-OH is 1. The second-order valence-electron chi connectivity index (χ2n) is 5.17. The lowest BCUT2D eigenvalue weighted by atomic mass is 9.73. The topological polar surface area (TPSA) is 72.8 Å². The molecule has 5 nitrogen and oxygen atoms in total. The molecule has 24 heavy (non-hydrogen) atoms. The zero-order valence-electron chi connectivity index (χ0n) is 14.1. The van der Waals surface area contributed by atoms with E-state index in [0.29, 0.717) is 0 Å². The number of benzene rings is 1. The summed E-state index contributed by atoms with van der Waals surface area (Å²) in [5.74, 6) is 3.82. The Hall–Kier alpha value is -2.58. The maximum Gasteiger partial charge on any atom is 0.324 e.